The van der Waals surface area contributed by atoms with Crippen molar-refractivity contribution in [3.05, 3.63) is 29.3 Å². The van der Waals surface area contributed by atoms with Crippen molar-refractivity contribution in [1.82, 2.24) is 10.6 Å². The number of carbonyl (C=O) groups excluding carboxylic acids is 2. The molecule has 0 bridgehead atoms. The first kappa shape index (κ1) is 22.0. The average molecular weight is 446 g/mol. The fraction of sp³-hybridized carbons (Fsp3) is 0.619. The summed E-state index contributed by atoms with van der Waals surface area (Å²) >= 11 is 0. The second kappa shape index (κ2) is 8.03. The highest BCUT2D eigenvalue weighted by molar-refractivity contribution is 5.98. The zero-order valence-corrected chi connectivity index (χ0v) is 16.6. The van der Waals surface area contributed by atoms with E-state index in [1.54, 1.807) is 6.07 Å². The van der Waals surface area contributed by atoms with Gasteiger partial charge < -0.3 is 15.4 Å². The molecule has 0 saturated heterocycles. The maximum atomic E-state index is 13.0. The average Bonchev–Trinajstić information content (AvgIpc) is 3.57. The number of para-hydroxylation sites is 1. The number of rotatable bonds is 8. The first-order valence-electron chi connectivity index (χ1n) is 10.3. The lowest BCUT2D eigenvalue weighted by atomic mass is 9.81. The van der Waals surface area contributed by atoms with Crippen molar-refractivity contribution in [2.45, 2.75) is 56.2 Å². The topological polar surface area (TPSA) is 67.4 Å². The van der Waals surface area contributed by atoms with E-state index in [0.717, 1.165) is 19.4 Å². The fourth-order valence-electron chi connectivity index (χ4n) is 3.96. The molecule has 0 spiro atoms. The van der Waals surface area contributed by atoms with Crippen LogP contribution in [-0.2, 0) is 4.79 Å². The number of nitrogens with one attached hydrogen (secondary N) is 2. The Balaban J connectivity index is 1.49. The second-order valence-corrected chi connectivity index (χ2v) is 8.75. The Morgan fingerprint density at radius 1 is 1.10 bits per heavy atom. The number of halogens is 5. The normalized spacial score (nSPS) is 24.9. The molecule has 4 rings (SSSR count). The Morgan fingerprint density at radius 2 is 1.81 bits per heavy atom. The minimum absolute atomic E-state index is 0.0275. The number of carbonyl (C=O) groups is 2. The molecule has 3 aliphatic carbocycles. The third-order valence-corrected chi connectivity index (χ3v) is 6.00. The van der Waals surface area contributed by atoms with Crippen LogP contribution in [0.4, 0.5) is 22.0 Å². The second-order valence-electron chi connectivity index (χ2n) is 8.75. The number of esters is 1. The third kappa shape index (κ3) is 5.34. The van der Waals surface area contributed by atoms with Gasteiger partial charge in [-0.3, -0.25) is 4.79 Å². The molecule has 2 N–H and O–H groups in total. The molecule has 1 aromatic rings. The molecule has 10 heteroatoms. The first-order chi connectivity index (χ1) is 14.5. The van der Waals surface area contributed by atoms with Gasteiger partial charge in [0.25, 0.3) is 5.91 Å². The number of alkyl halides is 5. The Morgan fingerprint density at radius 3 is 2.42 bits per heavy atom. The summed E-state index contributed by atoms with van der Waals surface area (Å²) in [6, 6.07) is 4.37. The highest BCUT2D eigenvalue weighted by Gasteiger charge is 2.46. The van der Waals surface area contributed by atoms with Crippen molar-refractivity contribution in [2.24, 2.45) is 11.8 Å². The van der Waals surface area contributed by atoms with Crippen LogP contribution in [-0.4, -0.2) is 43.1 Å². The van der Waals surface area contributed by atoms with Gasteiger partial charge >= 0.3 is 12.1 Å². The van der Waals surface area contributed by atoms with E-state index in [0.29, 0.717) is 17.9 Å². The molecule has 3 saturated carbocycles. The van der Waals surface area contributed by atoms with Crippen LogP contribution in [0.2, 0.25) is 0 Å². The maximum Gasteiger partial charge on any atom is 0.491 e. The van der Waals surface area contributed by atoms with Crippen LogP contribution < -0.4 is 15.4 Å². The Labute approximate surface area is 175 Å². The highest BCUT2D eigenvalue weighted by atomic mass is 19.4. The van der Waals surface area contributed by atoms with Gasteiger partial charge in [0.05, 0.1) is 5.56 Å². The molecular formula is C21H23F5N2O3. The Kier molecular flexibility index (Phi) is 5.70. The number of hydrogen-bond acceptors (Lipinski definition) is 4. The number of benzene rings is 1. The van der Waals surface area contributed by atoms with Crippen molar-refractivity contribution in [1.29, 1.82) is 0 Å². The zero-order chi connectivity index (χ0) is 22.4. The number of amides is 1. The zero-order valence-electron chi connectivity index (χ0n) is 16.6. The van der Waals surface area contributed by atoms with E-state index in [-0.39, 0.29) is 36.9 Å². The SMILES string of the molecule is O=C(NCC1CC(F)(F)C1)c1cccc(C2CC2NCC2CC2)c1OC(=O)C(F)(F)F. The van der Waals surface area contributed by atoms with E-state index in [1.807, 2.05) is 0 Å². The smallest absolute Gasteiger partial charge is 0.419 e. The number of ether oxygens (including phenoxy) is 1. The van der Waals surface area contributed by atoms with Gasteiger partial charge in [0, 0.05) is 36.9 Å². The first-order valence-corrected chi connectivity index (χ1v) is 10.3. The molecule has 2 atom stereocenters. The number of hydrogen-bond donors (Lipinski definition) is 2. The van der Waals surface area contributed by atoms with E-state index in [2.05, 4.69) is 15.4 Å². The lowest BCUT2D eigenvalue weighted by Gasteiger charge is -2.34. The molecule has 0 aromatic heterocycles. The van der Waals surface area contributed by atoms with Crippen molar-refractivity contribution in [3.63, 3.8) is 0 Å². The lowest BCUT2D eigenvalue weighted by molar-refractivity contribution is -0.189. The van der Waals surface area contributed by atoms with E-state index >= 15 is 0 Å². The van der Waals surface area contributed by atoms with Crippen LogP contribution in [0.3, 0.4) is 0 Å². The monoisotopic (exact) mass is 446 g/mol. The molecular weight excluding hydrogens is 423 g/mol. The molecule has 0 radical (unpaired) electrons. The van der Waals surface area contributed by atoms with E-state index in [1.165, 1.54) is 12.1 Å². The van der Waals surface area contributed by atoms with Crippen molar-refractivity contribution >= 4 is 11.9 Å². The molecule has 1 aromatic carbocycles. The van der Waals surface area contributed by atoms with Crippen LogP contribution in [0.15, 0.2) is 18.2 Å². The molecule has 2 unspecified atom stereocenters. The molecule has 3 fully saturated rings. The van der Waals surface area contributed by atoms with Crippen LogP contribution >= 0.6 is 0 Å². The minimum atomic E-state index is -5.22. The Hall–Kier alpha value is -2.23. The Bertz CT molecular complexity index is 861. The van der Waals surface area contributed by atoms with Crippen LogP contribution in [0, 0.1) is 11.8 Å². The highest BCUT2D eigenvalue weighted by Crippen LogP contribution is 2.47. The van der Waals surface area contributed by atoms with Gasteiger partial charge in [-0.05, 0) is 43.7 Å². The summed E-state index contributed by atoms with van der Waals surface area (Å²) in [7, 11) is 0. The minimum Gasteiger partial charge on any atom is -0.419 e. The van der Waals surface area contributed by atoms with Crippen molar-refractivity contribution in [3.8, 4) is 5.75 Å². The van der Waals surface area contributed by atoms with Crippen molar-refractivity contribution < 1.29 is 36.3 Å². The van der Waals surface area contributed by atoms with Crippen molar-refractivity contribution in [2.75, 3.05) is 13.1 Å². The molecule has 0 aliphatic heterocycles. The quantitative estimate of drug-likeness (QED) is 0.362. The van der Waals surface area contributed by atoms with Crippen LogP contribution in [0.25, 0.3) is 0 Å². The molecule has 0 heterocycles. The van der Waals surface area contributed by atoms with E-state index in [4.69, 9.17) is 0 Å². The largest absolute Gasteiger partial charge is 0.491 e. The van der Waals surface area contributed by atoms with E-state index < -0.39 is 35.6 Å². The maximum absolute atomic E-state index is 13.0. The standard InChI is InChI=1S/C21H23F5N2O3/c22-20(23)7-12(8-20)10-28-18(29)14-3-1-2-13(17(14)31-19(30)21(24,25)26)15-6-16(15)27-9-11-4-5-11/h1-3,11-12,15-16,27H,4-10H2,(H,28,29). The van der Waals surface area contributed by atoms with E-state index in [9.17, 15) is 31.5 Å². The third-order valence-electron chi connectivity index (χ3n) is 6.00. The fourth-order valence-corrected chi connectivity index (χ4v) is 3.96. The summed E-state index contributed by atoms with van der Waals surface area (Å²) in [4.78, 5) is 24.1. The molecule has 170 valence electrons. The summed E-state index contributed by atoms with van der Waals surface area (Å²) in [5.74, 6) is -6.27. The molecule has 1 amide bonds. The van der Waals surface area contributed by atoms with Gasteiger partial charge in [0.1, 0.15) is 5.75 Å². The summed E-state index contributed by atoms with van der Waals surface area (Å²) in [5.41, 5.74) is 0.141. The van der Waals surface area contributed by atoms with Crippen LogP contribution in [0.1, 0.15) is 53.9 Å². The predicted molar refractivity (Wildman–Crippen MR) is 100 cm³/mol. The lowest BCUT2D eigenvalue weighted by Crippen LogP contribution is -2.42. The van der Waals surface area contributed by atoms with Gasteiger partial charge in [-0.1, -0.05) is 12.1 Å². The summed E-state index contributed by atoms with van der Waals surface area (Å²) in [6.45, 7) is 0.797. The molecule has 3 aliphatic rings. The van der Waals surface area contributed by atoms with Crippen LogP contribution in [0.5, 0.6) is 5.75 Å². The summed E-state index contributed by atoms with van der Waals surface area (Å²) in [6.07, 6.45) is -2.95. The van der Waals surface area contributed by atoms with Gasteiger partial charge in [-0.15, -0.1) is 0 Å². The molecule has 31 heavy (non-hydrogen) atoms. The van der Waals surface area contributed by atoms with Gasteiger partial charge in [-0.25, -0.2) is 13.6 Å². The molecule has 5 nitrogen and oxygen atoms in total. The van der Waals surface area contributed by atoms with Gasteiger partial charge in [0.2, 0.25) is 5.92 Å². The summed E-state index contributed by atoms with van der Waals surface area (Å²) in [5, 5.41) is 5.83. The van der Waals surface area contributed by atoms with Gasteiger partial charge in [-0.2, -0.15) is 13.2 Å². The predicted octanol–water partition coefficient (Wildman–Crippen LogP) is 3.78. The summed E-state index contributed by atoms with van der Waals surface area (Å²) < 4.78 is 69.1. The van der Waals surface area contributed by atoms with Gasteiger partial charge in [0.15, 0.2) is 0 Å².